The van der Waals surface area contributed by atoms with E-state index in [0.717, 1.165) is 39.2 Å². The van der Waals surface area contributed by atoms with Crippen LogP contribution in [0, 0.1) is 0 Å². The molecule has 1 unspecified atom stereocenters. The monoisotopic (exact) mass is 309 g/mol. The number of aromatic nitrogens is 2. The summed E-state index contributed by atoms with van der Waals surface area (Å²) in [5.74, 6) is 2.61. The van der Waals surface area contributed by atoms with Gasteiger partial charge in [-0.25, -0.2) is 4.98 Å². The molecule has 0 amide bonds. The van der Waals surface area contributed by atoms with Crippen molar-refractivity contribution in [3.8, 4) is 5.75 Å². The number of rotatable bonds is 6. The van der Waals surface area contributed by atoms with Crippen LogP contribution in [-0.4, -0.2) is 16.5 Å². The van der Waals surface area contributed by atoms with Crippen molar-refractivity contribution >= 4 is 23.3 Å². The Bertz CT molecular complexity index is 569. The summed E-state index contributed by atoms with van der Waals surface area (Å²) >= 11 is 3.14. The number of nitrogens with zero attached hydrogens (tertiary/aromatic N) is 2. The molecule has 0 spiro atoms. The SMILES string of the molecule is CCc1nsc(SCc2cc(C(C)N)ccc2OC)n1. The molecule has 20 heavy (non-hydrogen) atoms. The van der Waals surface area contributed by atoms with Crippen molar-refractivity contribution in [3.63, 3.8) is 0 Å². The molecule has 4 nitrogen and oxygen atoms in total. The van der Waals surface area contributed by atoms with Crippen molar-refractivity contribution in [1.29, 1.82) is 0 Å². The summed E-state index contributed by atoms with van der Waals surface area (Å²) in [5.41, 5.74) is 8.19. The van der Waals surface area contributed by atoms with Crippen LogP contribution in [0.15, 0.2) is 22.5 Å². The third-order valence-corrected chi connectivity index (χ3v) is 4.87. The van der Waals surface area contributed by atoms with Gasteiger partial charge in [-0.15, -0.1) is 0 Å². The first kappa shape index (κ1) is 15.3. The Morgan fingerprint density at radius 3 is 2.85 bits per heavy atom. The lowest BCUT2D eigenvalue weighted by atomic mass is 10.1. The molecule has 108 valence electrons. The Hall–Kier alpha value is -1.11. The van der Waals surface area contributed by atoms with E-state index >= 15 is 0 Å². The molecule has 2 N–H and O–H groups in total. The molecule has 0 aliphatic heterocycles. The Morgan fingerprint density at radius 1 is 1.45 bits per heavy atom. The second kappa shape index (κ2) is 7.06. The van der Waals surface area contributed by atoms with Crippen LogP contribution in [-0.2, 0) is 12.2 Å². The van der Waals surface area contributed by atoms with Crippen LogP contribution in [0.5, 0.6) is 5.75 Å². The second-order valence-electron chi connectivity index (χ2n) is 4.48. The van der Waals surface area contributed by atoms with Crippen molar-refractivity contribution in [3.05, 3.63) is 35.2 Å². The topological polar surface area (TPSA) is 61.0 Å². The van der Waals surface area contributed by atoms with E-state index < -0.39 is 0 Å². The molecule has 6 heteroatoms. The number of methoxy groups -OCH3 is 1. The Labute approximate surface area is 127 Å². The van der Waals surface area contributed by atoms with E-state index in [0.29, 0.717) is 0 Å². The molecular weight excluding hydrogens is 290 g/mol. The maximum atomic E-state index is 5.93. The highest BCUT2D eigenvalue weighted by atomic mass is 32.2. The quantitative estimate of drug-likeness (QED) is 0.828. The average Bonchev–Trinajstić information content (AvgIpc) is 2.92. The maximum absolute atomic E-state index is 5.93. The highest BCUT2D eigenvalue weighted by Crippen LogP contribution is 2.30. The first-order valence-corrected chi connectivity index (χ1v) is 8.27. The molecule has 0 saturated carbocycles. The van der Waals surface area contributed by atoms with Gasteiger partial charge in [0.05, 0.1) is 7.11 Å². The number of thioether (sulfide) groups is 1. The summed E-state index contributed by atoms with van der Waals surface area (Å²) < 4.78 is 10.7. The smallest absolute Gasteiger partial charge is 0.170 e. The van der Waals surface area contributed by atoms with Crippen molar-refractivity contribution in [2.45, 2.75) is 36.4 Å². The van der Waals surface area contributed by atoms with Gasteiger partial charge in [-0.1, -0.05) is 24.8 Å². The molecule has 0 radical (unpaired) electrons. The fraction of sp³-hybridized carbons (Fsp3) is 0.429. The first-order valence-electron chi connectivity index (χ1n) is 6.51. The van der Waals surface area contributed by atoms with Crippen LogP contribution in [0.4, 0.5) is 0 Å². The standard InChI is InChI=1S/C14H19N3OS2/c1-4-13-16-14(20-17-13)19-8-11-7-10(9(2)15)5-6-12(11)18-3/h5-7,9H,4,8,15H2,1-3H3. The minimum Gasteiger partial charge on any atom is -0.496 e. The largest absolute Gasteiger partial charge is 0.496 e. The van der Waals surface area contributed by atoms with Crippen LogP contribution in [0.3, 0.4) is 0 Å². The normalized spacial score (nSPS) is 12.4. The van der Waals surface area contributed by atoms with E-state index in [4.69, 9.17) is 10.5 Å². The summed E-state index contributed by atoms with van der Waals surface area (Å²) in [6.45, 7) is 4.04. The van der Waals surface area contributed by atoms with Gasteiger partial charge in [-0.2, -0.15) is 4.37 Å². The van der Waals surface area contributed by atoms with E-state index in [1.165, 1.54) is 11.5 Å². The minimum atomic E-state index is 0.0258. The highest BCUT2D eigenvalue weighted by Gasteiger charge is 2.09. The summed E-state index contributed by atoms with van der Waals surface area (Å²) in [6, 6.07) is 6.13. The molecule has 1 aromatic carbocycles. The third kappa shape index (κ3) is 3.71. The van der Waals surface area contributed by atoms with Crippen LogP contribution >= 0.6 is 23.3 Å². The van der Waals surface area contributed by atoms with Crippen molar-refractivity contribution in [2.24, 2.45) is 5.73 Å². The molecule has 1 heterocycles. The van der Waals surface area contributed by atoms with Gasteiger partial charge in [-0.3, -0.25) is 0 Å². The molecule has 1 atom stereocenters. The summed E-state index contributed by atoms with van der Waals surface area (Å²) in [6.07, 6.45) is 0.876. The van der Waals surface area contributed by atoms with Crippen molar-refractivity contribution in [2.75, 3.05) is 7.11 Å². The minimum absolute atomic E-state index is 0.0258. The number of hydrogen-bond acceptors (Lipinski definition) is 6. The van der Waals surface area contributed by atoms with Gasteiger partial charge >= 0.3 is 0 Å². The summed E-state index contributed by atoms with van der Waals surface area (Å²) in [4.78, 5) is 4.46. The Balaban J connectivity index is 2.12. The average molecular weight is 309 g/mol. The fourth-order valence-corrected chi connectivity index (χ4v) is 3.45. The molecule has 2 rings (SSSR count). The predicted octanol–water partition coefficient (Wildman–Crippen LogP) is 3.42. The van der Waals surface area contributed by atoms with E-state index in [2.05, 4.69) is 22.3 Å². The zero-order valence-corrected chi connectivity index (χ0v) is 13.6. The summed E-state index contributed by atoms with van der Waals surface area (Å²) in [7, 11) is 1.69. The second-order valence-corrected chi connectivity index (χ2v) is 6.45. The molecule has 0 fully saturated rings. The first-order chi connectivity index (χ1) is 9.63. The Morgan fingerprint density at radius 2 is 2.25 bits per heavy atom. The lowest BCUT2D eigenvalue weighted by Gasteiger charge is -2.12. The number of ether oxygens (including phenoxy) is 1. The van der Waals surface area contributed by atoms with E-state index in [1.54, 1.807) is 18.9 Å². The van der Waals surface area contributed by atoms with Crippen LogP contribution in [0.25, 0.3) is 0 Å². The summed E-state index contributed by atoms with van der Waals surface area (Å²) in [5, 5.41) is 0. The molecule has 0 aliphatic rings. The molecule has 0 aliphatic carbocycles. The van der Waals surface area contributed by atoms with E-state index in [-0.39, 0.29) is 6.04 Å². The predicted molar refractivity (Wildman–Crippen MR) is 84.4 cm³/mol. The molecule has 2 aromatic rings. The van der Waals surface area contributed by atoms with Gasteiger partial charge in [-0.05, 0) is 36.2 Å². The molecule has 0 saturated heterocycles. The third-order valence-electron chi connectivity index (χ3n) is 2.95. The zero-order valence-electron chi connectivity index (χ0n) is 11.9. The van der Waals surface area contributed by atoms with E-state index in [9.17, 15) is 0 Å². The van der Waals surface area contributed by atoms with E-state index in [1.807, 2.05) is 19.1 Å². The van der Waals surface area contributed by atoms with Gasteiger partial charge < -0.3 is 10.5 Å². The highest BCUT2D eigenvalue weighted by molar-refractivity contribution is 8.00. The fourth-order valence-electron chi connectivity index (χ4n) is 1.77. The zero-order chi connectivity index (χ0) is 14.5. The van der Waals surface area contributed by atoms with Crippen molar-refractivity contribution in [1.82, 2.24) is 9.36 Å². The molecule has 1 aromatic heterocycles. The number of hydrogen-bond donors (Lipinski definition) is 1. The maximum Gasteiger partial charge on any atom is 0.170 e. The Kier molecular flexibility index (Phi) is 5.39. The lowest BCUT2D eigenvalue weighted by Crippen LogP contribution is -2.05. The van der Waals surface area contributed by atoms with Gasteiger partial charge in [0.25, 0.3) is 0 Å². The van der Waals surface area contributed by atoms with Gasteiger partial charge in [0.15, 0.2) is 4.34 Å². The molecule has 0 bridgehead atoms. The van der Waals surface area contributed by atoms with Crippen LogP contribution in [0.1, 0.15) is 36.8 Å². The van der Waals surface area contributed by atoms with Crippen LogP contribution < -0.4 is 10.5 Å². The van der Waals surface area contributed by atoms with Gasteiger partial charge in [0.2, 0.25) is 0 Å². The number of nitrogens with two attached hydrogens (primary N) is 1. The van der Waals surface area contributed by atoms with Crippen LogP contribution in [0.2, 0.25) is 0 Å². The van der Waals surface area contributed by atoms with Gasteiger partial charge in [0.1, 0.15) is 11.6 Å². The number of benzene rings is 1. The van der Waals surface area contributed by atoms with Gasteiger partial charge in [0, 0.05) is 23.8 Å². The lowest BCUT2D eigenvalue weighted by molar-refractivity contribution is 0.411. The number of aryl methyl sites for hydroxylation is 1. The van der Waals surface area contributed by atoms with Crippen molar-refractivity contribution < 1.29 is 4.74 Å². The molecular formula is C14H19N3OS2.